The van der Waals surface area contributed by atoms with Crippen LogP contribution in [-0.4, -0.2) is 46.8 Å². The molecule has 0 unspecified atom stereocenters. The molecule has 2 N–H and O–H groups in total. The molecule has 0 aliphatic carbocycles. The molecule has 1 fully saturated rings. The van der Waals surface area contributed by atoms with Gasteiger partial charge >= 0.3 is 5.97 Å². The fraction of sp³-hybridized carbons (Fsp3) is 0.421. The van der Waals surface area contributed by atoms with Gasteiger partial charge in [-0.3, -0.25) is 0 Å². The number of benzene rings is 1. The summed E-state index contributed by atoms with van der Waals surface area (Å²) >= 11 is 0. The number of aryl methyl sites for hydroxylation is 1. The number of hydrogen-bond acceptors (Lipinski definition) is 7. The predicted molar refractivity (Wildman–Crippen MR) is 99.5 cm³/mol. The lowest BCUT2D eigenvalue weighted by Crippen LogP contribution is -2.37. The number of aliphatic hydroxyl groups is 1. The van der Waals surface area contributed by atoms with Crippen molar-refractivity contribution < 1.29 is 19.0 Å². The fourth-order valence-electron chi connectivity index (χ4n) is 3.16. The van der Waals surface area contributed by atoms with E-state index in [2.05, 4.69) is 15.3 Å². The molecule has 1 aliphatic heterocycles. The molecular weight excluding hydrogens is 351 g/mol. The number of carbonyl (C=O) groups excluding carboxylic acids is 1. The Labute approximate surface area is 157 Å². The second-order valence-corrected chi connectivity index (χ2v) is 6.50. The molecule has 27 heavy (non-hydrogen) atoms. The third kappa shape index (κ3) is 4.51. The molecule has 0 bridgehead atoms. The third-order valence-corrected chi connectivity index (χ3v) is 4.42. The number of halogens is 1. The van der Waals surface area contributed by atoms with Gasteiger partial charge in [0.05, 0.1) is 13.2 Å². The molecule has 0 spiro atoms. The van der Waals surface area contributed by atoms with E-state index in [-0.39, 0.29) is 5.82 Å². The number of nitrogens with zero attached hydrogens (tertiary/aromatic N) is 3. The molecule has 2 aromatic rings. The van der Waals surface area contributed by atoms with Crippen LogP contribution in [0.25, 0.3) is 0 Å². The number of rotatable bonds is 6. The summed E-state index contributed by atoms with van der Waals surface area (Å²) < 4.78 is 18.0. The SMILES string of the molecule is CCCc1cc(N2C[C@H](O)C[C@H]2C(=O)OC)nc(Nc2ccc(F)cc2)n1. The number of anilines is 3. The van der Waals surface area contributed by atoms with Crippen molar-refractivity contribution in [3.63, 3.8) is 0 Å². The second kappa shape index (κ2) is 8.30. The summed E-state index contributed by atoms with van der Waals surface area (Å²) in [4.78, 5) is 22.8. The van der Waals surface area contributed by atoms with E-state index in [4.69, 9.17) is 4.74 Å². The fourth-order valence-corrected chi connectivity index (χ4v) is 3.16. The first-order chi connectivity index (χ1) is 13.0. The van der Waals surface area contributed by atoms with E-state index in [0.29, 0.717) is 30.4 Å². The van der Waals surface area contributed by atoms with Gasteiger partial charge in [0.2, 0.25) is 5.95 Å². The maximum absolute atomic E-state index is 13.1. The van der Waals surface area contributed by atoms with Gasteiger partial charge in [-0.25, -0.2) is 14.2 Å². The van der Waals surface area contributed by atoms with Crippen LogP contribution in [0.3, 0.4) is 0 Å². The van der Waals surface area contributed by atoms with Crippen LogP contribution in [0, 0.1) is 5.82 Å². The van der Waals surface area contributed by atoms with Crippen LogP contribution in [0.2, 0.25) is 0 Å². The molecule has 7 nitrogen and oxygen atoms in total. The highest BCUT2D eigenvalue weighted by molar-refractivity contribution is 5.80. The number of ether oxygens (including phenoxy) is 1. The van der Waals surface area contributed by atoms with Crippen LogP contribution < -0.4 is 10.2 Å². The zero-order valence-electron chi connectivity index (χ0n) is 15.4. The molecular formula is C19H23FN4O3. The third-order valence-electron chi connectivity index (χ3n) is 4.42. The Bertz CT molecular complexity index is 800. The number of nitrogens with one attached hydrogen (secondary N) is 1. The lowest BCUT2D eigenvalue weighted by atomic mass is 10.2. The summed E-state index contributed by atoms with van der Waals surface area (Å²) in [5, 5.41) is 13.1. The number of esters is 1. The van der Waals surface area contributed by atoms with Crippen LogP contribution in [0.5, 0.6) is 0 Å². The number of aromatic nitrogens is 2. The van der Waals surface area contributed by atoms with Crippen LogP contribution in [0.15, 0.2) is 30.3 Å². The van der Waals surface area contributed by atoms with Crippen LogP contribution in [-0.2, 0) is 16.0 Å². The largest absolute Gasteiger partial charge is 0.467 e. The summed E-state index contributed by atoms with van der Waals surface area (Å²) in [6.07, 6.45) is 1.30. The molecule has 144 valence electrons. The average Bonchev–Trinajstić information content (AvgIpc) is 3.05. The highest BCUT2D eigenvalue weighted by Crippen LogP contribution is 2.27. The molecule has 8 heteroatoms. The van der Waals surface area contributed by atoms with Crippen LogP contribution >= 0.6 is 0 Å². The van der Waals surface area contributed by atoms with E-state index in [1.807, 2.05) is 13.0 Å². The second-order valence-electron chi connectivity index (χ2n) is 6.50. The zero-order valence-corrected chi connectivity index (χ0v) is 15.4. The van der Waals surface area contributed by atoms with Crippen molar-refractivity contribution in [2.24, 2.45) is 0 Å². The zero-order chi connectivity index (χ0) is 19.4. The maximum Gasteiger partial charge on any atom is 0.328 e. The van der Waals surface area contributed by atoms with Crippen molar-refractivity contribution in [1.29, 1.82) is 0 Å². The molecule has 0 saturated carbocycles. The van der Waals surface area contributed by atoms with E-state index in [1.54, 1.807) is 17.0 Å². The van der Waals surface area contributed by atoms with Crippen LogP contribution in [0.4, 0.5) is 21.8 Å². The van der Waals surface area contributed by atoms with Crippen molar-refractivity contribution in [3.8, 4) is 0 Å². The van der Waals surface area contributed by atoms with E-state index in [0.717, 1.165) is 18.5 Å². The van der Waals surface area contributed by atoms with Gasteiger partial charge in [-0.15, -0.1) is 0 Å². The number of hydrogen-bond donors (Lipinski definition) is 2. The molecule has 3 rings (SSSR count). The van der Waals surface area contributed by atoms with E-state index < -0.39 is 18.1 Å². The predicted octanol–water partition coefficient (Wildman–Crippen LogP) is 2.42. The van der Waals surface area contributed by atoms with Gasteiger partial charge in [0.25, 0.3) is 0 Å². The topological polar surface area (TPSA) is 87.6 Å². The molecule has 1 aliphatic rings. The number of aliphatic hydroxyl groups excluding tert-OH is 1. The smallest absolute Gasteiger partial charge is 0.328 e. The Morgan fingerprint density at radius 2 is 2.11 bits per heavy atom. The minimum Gasteiger partial charge on any atom is -0.467 e. The minimum atomic E-state index is -0.632. The Morgan fingerprint density at radius 1 is 1.37 bits per heavy atom. The van der Waals surface area contributed by atoms with Gasteiger partial charge in [-0.05, 0) is 30.7 Å². The van der Waals surface area contributed by atoms with Crippen molar-refractivity contribution in [2.75, 3.05) is 23.9 Å². The Hall–Kier alpha value is -2.74. The van der Waals surface area contributed by atoms with Crippen LogP contribution in [0.1, 0.15) is 25.5 Å². The summed E-state index contributed by atoms with van der Waals surface area (Å²) in [6, 6.07) is 7.14. The van der Waals surface area contributed by atoms with Gasteiger partial charge in [-0.2, -0.15) is 4.98 Å². The minimum absolute atomic E-state index is 0.290. The Kier molecular flexibility index (Phi) is 5.85. The number of methoxy groups -OCH3 is 1. The highest BCUT2D eigenvalue weighted by atomic mass is 19.1. The lowest BCUT2D eigenvalue weighted by Gasteiger charge is -2.24. The molecule has 2 atom stereocenters. The normalized spacial score (nSPS) is 19.2. The Balaban J connectivity index is 1.93. The highest BCUT2D eigenvalue weighted by Gasteiger charge is 2.38. The van der Waals surface area contributed by atoms with Crippen molar-refractivity contribution >= 4 is 23.4 Å². The van der Waals surface area contributed by atoms with Gasteiger partial charge in [0.15, 0.2) is 0 Å². The number of β-amino-alcohol motifs (C(OH)–C–C–N with tert-alkyl or cyclic N) is 1. The van der Waals surface area contributed by atoms with Gasteiger partial charge in [0, 0.05) is 30.4 Å². The molecule has 0 radical (unpaired) electrons. The van der Waals surface area contributed by atoms with E-state index in [1.165, 1.54) is 19.2 Å². The first-order valence-electron chi connectivity index (χ1n) is 8.93. The molecule has 1 saturated heterocycles. The van der Waals surface area contributed by atoms with E-state index >= 15 is 0 Å². The molecule has 2 heterocycles. The van der Waals surface area contributed by atoms with Crippen molar-refractivity contribution in [3.05, 3.63) is 41.8 Å². The monoisotopic (exact) mass is 374 g/mol. The maximum atomic E-state index is 13.1. The first kappa shape index (κ1) is 19.0. The quantitative estimate of drug-likeness (QED) is 0.751. The molecule has 1 aromatic carbocycles. The average molecular weight is 374 g/mol. The van der Waals surface area contributed by atoms with Crippen molar-refractivity contribution in [2.45, 2.75) is 38.3 Å². The number of carbonyl (C=O) groups is 1. The summed E-state index contributed by atoms with van der Waals surface area (Å²) in [7, 11) is 1.33. The van der Waals surface area contributed by atoms with Gasteiger partial charge < -0.3 is 20.1 Å². The molecule has 0 amide bonds. The standard InChI is InChI=1S/C19H23FN4O3/c1-3-4-14-9-17(24-11-15(25)10-16(24)18(26)27-2)23-19(22-14)21-13-7-5-12(20)6-8-13/h5-9,15-16,25H,3-4,10-11H2,1-2H3,(H,21,22,23)/t15-,16+/m1/s1. The lowest BCUT2D eigenvalue weighted by molar-refractivity contribution is -0.142. The summed E-state index contributed by atoms with van der Waals surface area (Å²) in [6.45, 7) is 2.34. The molecule has 1 aromatic heterocycles. The Morgan fingerprint density at radius 3 is 2.78 bits per heavy atom. The first-order valence-corrected chi connectivity index (χ1v) is 8.93. The van der Waals surface area contributed by atoms with E-state index in [9.17, 15) is 14.3 Å². The summed E-state index contributed by atoms with van der Waals surface area (Å²) in [5.74, 6) is 0.168. The van der Waals surface area contributed by atoms with Gasteiger partial charge in [-0.1, -0.05) is 13.3 Å². The van der Waals surface area contributed by atoms with Gasteiger partial charge in [0.1, 0.15) is 17.7 Å². The van der Waals surface area contributed by atoms with Crippen molar-refractivity contribution in [1.82, 2.24) is 9.97 Å². The summed E-state index contributed by atoms with van der Waals surface area (Å²) in [5.41, 5.74) is 1.47.